The van der Waals surface area contributed by atoms with Crippen molar-refractivity contribution in [1.82, 2.24) is 14.9 Å². The molecule has 29 heavy (non-hydrogen) atoms. The lowest BCUT2D eigenvalue weighted by molar-refractivity contribution is -0.418. The quantitative estimate of drug-likeness (QED) is 0.197. The third-order valence-corrected chi connectivity index (χ3v) is 5.39. The maximum Gasteiger partial charge on any atom is 0.304 e. The SMILES string of the molecule is CNC(=[NH+]C)SCc1nc2ccccc2c(=O)n1-c1cc([N+](=O)[O-])ccc1C.[Br-]. The van der Waals surface area contributed by atoms with Crippen molar-refractivity contribution in [3.63, 3.8) is 0 Å². The number of thioether (sulfide) groups is 1. The van der Waals surface area contributed by atoms with Gasteiger partial charge in [-0.2, -0.15) is 0 Å². The van der Waals surface area contributed by atoms with Crippen LogP contribution in [-0.4, -0.2) is 33.7 Å². The van der Waals surface area contributed by atoms with E-state index in [2.05, 4.69) is 15.3 Å². The van der Waals surface area contributed by atoms with Gasteiger partial charge in [0.25, 0.3) is 11.2 Å². The highest BCUT2D eigenvalue weighted by molar-refractivity contribution is 8.12. The lowest BCUT2D eigenvalue weighted by Gasteiger charge is -2.15. The average molecular weight is 478 g/mol. The molecule has 0 atom stereocenters. The number of fused-ring (bicyclic) bond motifs is 1. The number of benzene rings is 2. The molecule has 0 amide bonds. The van der Waals surface area contributed by atoms with Crippen LogP contribution in [0.3, 0.4) is 0 Å². The highest BCUT2D eigenvalue weighted by atomic mass is 79.9. The summed E-state index contributed by atoms with van der Waals surface area (Å²) in [6, 6.07) is 11.6. The number of rotatable bonds is 4. The van der Waals surface area contributed by atoms with Crippen LogP contribution in [0.5, 0.6) is 0 Å². The number of nitrogens with zero attached hydrogens (tertiary/aromatic N) is 3. The number of hydrogen-bond acceptors (Lipinski definition) is 5. The number of aromatic nitrogens is 2. The smallest absolute Gasteiger partial charge is 0.304 e. The van der Waals surface area contributed by atoms with Crippen molar-refractivity contribution in [3.05, 3.63) is 74.3 Å². The Morgan fingerprint density at radius 1 is 1.31 bits per heavy atom. The molecule has 0 aliphatic carbocycles. The second-order valence-electron chi connectivity index (χ2n) is 6.03. The van der Waals surface area contributed by atoms with Gasteiger partial charge in [-0.15, -0.1) is 0 Å². The van der Waals surface area contributed by atoms with Gasteiger partial charge in [0.2, 0.25) is 0 Å². The van der Waals surface area contributed by atoms with Crippen molar-refractivity contribution in [3.8, 4) is 5.69 Å². The van der Waals surface area contributed by atoms with Gasteiger partial charge in [0.05, 0.1) is 41.4 Å². The number of non-ortho nitro benzene ring substituents is 1. The van der Waals surface area contributed by atoms with Crippen molar-refractivity contribution in [2.24, 2.45) is 0 Å². The summed E-state index contributed by atoms with van der Waals surface area (Å²) in [5.74, 6) is 0.916. The molecule has 0 saturated heterocycles. The van der Waals surface area contributed by atoms with Crippen LogP contribution in [0.4, 0.5) is 5.69 Å². The van der Waals surface area contributed by atoms with E-state index in [1.807, 2.05) is 13.0 Å². The Hall–Kier alpha value is -2.72. The van der Waals surface area contributed by atoms with Crippen molar-refractivity contribution in [2.45, 2.75) is 12.7 Å². The summed E-state index contributed by atoms with van der Waals surface area (Å²) in [5, 5.41) is 15.6. The van der Waals surface area contributed by atoms with Crippen LogP contribution in [0.2, 0.25) is 0 Å². The minimum absolute atomic E-state index is 0. The molecular formula is C19H20BrN5O3S. The Morgan fingerprint density at radius 2 is 2.03 bits per heavy atom. The van der Waals surface area contributed by atoms with Gasteiger partial charge < -0.3 is 17.0 Å². The van der Waals surface area contributed by atoms with Gasteiger partial charge in [0, 0.05) is 12.1 Å². The van der Waals surface area contributed by atoms with Gasteiger partial charge in [-0.25, -0.2) is 4.98 Å². The molecule has 152 valence electrons. The zero-order chi connectivity index (χ0) is 20.3. The van der Waals surface area contributed by atoms with Gasteiger partial charge >= 0.3 is 5.17 Å². The first kappa shape index (κ1) is 22.6. The minimum Gasteiger partial charge on any atom is -1.00 e. The summed E-state index contributed by atoms with van der Waals surface area (Å²) >= 11 is 1.46. The van der Waals surface area contributed by atoms with E-state index >= 15 is 0 Å². The molecule has 0 unspecified atom stereocenters. The third-order valence-electron chi connectivity index (χ3n) is 4.29. The van der Waals surface area contributed by atoms with Gasteiger partial charge in [-0.05, 0) is 36.4 Å². The monoisotopic (exact) mass is 477 g/mol. The fraction of sp³-hybridized carbons (Fsp3) is 0.211. The van der Waals surface area contributed by atoms with Crippen molar-refractivity contribution in [2.75, 3.05) is 14.1 Å². The van der Waals surface area contributed by atoms with Gasteiger partial charge in [-0.1, -0.05) is 18.2 Å². The molecular weight excluding hydrogens is 458 g/mol. The van der Waals surface area contributed by atoms with E-state index in [4.69, 9.17) is 0 Å². The fourth-order valence-electron chi connectivity index (χ4n) is 2.88. The van der Waals surface area contributed by atoms with Crippen LogP contribution in [0.15, 0.2) is 47.3 Å². The van der Waals surface area contributed by atoms with Gasteiger partial charge in [0.1, 0.15) is 5.82 Å². The summed E-state index contributed by atoms with van der Waals surface area (Å²) in [6.07, 6.45) is 0. The number of nitrogens with one attached hydrogen (secondary N) is 2. The molecule has 0 radical (unpaired) electrons. The molecule has 2 N–H and O–H groups in total. The second-order valence-corrected chi connectivity index (χ2v) is 7.02. The number of aryl methyl sites for hydroxylation is 1. The Kier molecular flexibility index (Phi) is 7.52. The minimum atomic E-state index is -0.467. The molecule has 3 aromatic rings. The Balaban J connectivity index is 0.00000300. The van der Waals surface area contributed by atoms with E-state index < -0.39 is 4.92 Å². The highest BCUT2D eigenvalue weighted by Gasteiger charge is 2.18. The van der Waals surface area contributed by atoms with Gasteiger partial charge in [0.15, 0.2) is 0 Å². The zero-order valence-electron chi connectivity index (χ0n) is 16.1. The summed E-state index contributed by atoms with van der Waals surface area (Å²) < 4.78 is 1.47. The van der Waals surface area contributed by atoms with Crippen molar-refractivity contribution in [1.29, 1.82) is 0 Å². The largest absolute Gasteiger partial charge is 1.00 e. The Bertz CT molecular complexity index is 1150. The fourth-order valence-corrected chi connectivity index (χ4v) is 3.64. The van der Waals surface area contributed by atoms with Crippen LogP contribution >= 0.6 is 11.8 Å². The first-order valence-corrected chi connectivity index (χ1v) is 9.56. The van der Waals surface area contributed by atoms with Crippen molar-refractivity contribution >= 4 is 33.5 Å². The molecule has 0 bridgehead atoms. The number of nitro groups is 1. The Labute approximate surface area is 182 Å². The first-order chi connectivity index (χ1) is 13.5. The standard InChI is InChI=1S/C19H19N5O3S.BrH/c1-12-8-9-13(24(26)27)10-16(12)23-17(11-28-19(20-2)21-3)22-15-7-5-4-6-14(15)18(23)25;/h4-10H,11H2,1-3H3,(H,20,21);1H. The van der Waals surface area contributed by atoms with Crippen LogP contribution in [0.1, 0.15) is 11.4 Å². The maximum absolute atomic E-state index is 13.3. The number of hydrogen-bond donors (Lipinski definition) is 2. The molecule has 1 heterocycles. The normalized spacial score (nSPS) is 11.2. The molecule has 2 aromatic carbocycles. The highest BCUT2D eigenvalue weighted by Crippen LogP contribution is 2.23. The molecule has 0 fully saturated rings. The van der Waals surface area contributed by atoms with E-state index in [9.17, 15) is 14.9 Å². The molecule has 0 aliphatic heterocycles. The van der Waals surface area contributed by atoms with Crippen LogP contribution < -0.4 is 32.8 Å². The van der Waals surface area contributed by atoms with Crippen LogP contribution in [-0.2, 0) is 5.75 Å². The van der Waals surface area contributed by atoms with E-state index in [-0.39, 0.29) is 28.2 Å². The molecule has 3 rings (SSSR count). The second kappa shape index (κ2) is 9.66. The molecule has 0 saturated carbocycles. The average Bonchev–Trinajstić information content (AvgIpc) is 2.69. The van der Waals surface area contributed by atoms with E-state index in [1.165, 1.54) is 28.5 Å². The van der Waals surface area contributed by atoms with E-state index in [0.29, 0.717) is 28.2 Å². The third kappa shape index (κ3) is 4.65. The zero-order valence-corrected chi connectivity index (χ0v) is 18.5. The summed E-state index contributed by atoms with van der Waals surface area (Å²) in [4.78, 5) is 31.8. The molecule has 10 heteroatoms. The Morgan fingerprint density at radius 3 is 2.69 bits per heavy atom. The summed E-state index contributed by atoms with van der Waals surface area (Å²) in [7, 11) is 3.59. The van der Waals surface area contributed by atoms with Crippen molar-refractivity contribution < 1.29 is 26.9 Å². The number of para-hydroxylation sites is 1. The summed E-state index contributed by atoms with van der Waals surface area (Å²) in [5.41, 5.74) is 1.49. The first-order valence-electron chi connectivity index (χ1n) is 8.57. The molecule has 0 aliphatic rings. The summed E-state index contributed by atoms with van der Waals surface area (Å²) in [6.45, 7) is 1.82. The van der Waals surface area contributed by atoms with E-state index in [0.717, 1.165) is 10.7 Å². The van der Waals surface area contributed by atoms with Gasteiger partial charge in [-0.3, -0.25) is 29.8 Å². The van der Waals surface area contributed by atoms with E-state index in [1.54, 1.807) is 38.4 Å². The molecule has 1 aromatic heterocycles. The lowest BCUT2D eigenvalue weighted by atomic mass is 10.1. The lowest BCUT2D eigenvalue weighted by Crippen LogP contribution is -3.00. The molecule has 0 spiro atoms. The predicted molar refractivity (Wildman–Crippen MR) is 111 cm³/mol. The van der Waals surface area contributed by atoms with Crippen LogP contribution in [0.25, 0.3) is 16.6 Å². The predicted octanol–water partition coefficient (Wildman–Crippen LogP) is -1.87. The number of halogens is 1. The van der Waals surface area contributed by atoms with Crippen LogP contribution in [0, 0.1) is 17.0 Å². The molecule has 8 nitrogen and oxygen atoms in total. The number of nitro benzene ring substituents is 1. The topological polar surface area (TPSA) is 104 Å². The maximum atomic E-state index is 13.3. The number of amidine groups is 1.